The predicted octanol–water partition coefficient (Wildman–Crippen LogP) is 3.49. The van der Waals surface area contributed by atoms with Crippen LogP contribution in [0.3, 0.4) is 0 Å². The Hall–Kier alpha value is -0.780. The van der Waals surface area contributed by atoms with Crippen molar-refractivity contribution < 1.29 is 4.79 Å². The first-order chi connectivity index (χ1) is 8.13. The van der Waals surface area contributed by atoms with E-state index in [4.69, 9.17) is 0 Å². The summed E-state index contributed by atoms with van der Waals surface area (Å²) >= 11 is 10.1. The molecular formula is C12H9NOS3. The molecule has 2 nitrogen and oxygen atoms in total. The van der Waals surface area contributed by atoms with Gasteiger partial charge in [-0.1, -0.05) is 11.8 Å². The van der Waals surface area contributed by atoms with Crippen molar-refractivity contribution in [3.05, 3.63) is 39.8 Å². The summed E-state index contributed by atoms with van der Waals surface area (Å²) in [5.41, 5.74) is 2.04. The summed E-state index contributed by atoms with van der Waals surface area (Å²) in [5, 5.41) is 3.32. The van der Waals surface area contributed by atoms with Crippen LogP contribution < -0.4 is 5.32 Å². The fourth-order valence-electron chi connectivity index (χ4n) is 1.80. The van der Waals surface area contributed by atoms with Crippen LogP contribution in [-0.2, 0) is 4.79 Å². The number of thioether (sulfide) groups is 1. The van der Waals surface area contributed by atoms with Crippen molar-refractivity contribution in [1.29, 1.82) is 0 Å². The molecule has 0 atom stereocenters. The fourth-order valence-corrected chi connectivity index (χ4v) is 3.41. The number of thiol groups is 2. The van der Waals surface area contributed by atoms with Crippen molar-refractivity contribution >= 4 is 48.5 Å². The summed E-state index contributed by atoms with van der Waals surface area (Å²) in [6.45, 7) is 0. The molecule has 1 aromatic rings. The van der Waals surface area contributed by atoms with Gasteiger partial charge in [-0.25, -0.2) is 0 Å². The summed E-state index contributed by atoms with van der Waals surface area (Å²) in [4.78, 5) is 15.2. The van der Waals surface area contributed by atoms with Crippen LogP contribution in [0.1, 0.15) is 6.42 Å². The molecule has 1 heterocycles. The van der Waals surface area contributed by atoms with Gasteiger partial charge in [-0.15, -0.1) is 25.3 Å². The maximum Gasteiger partial charge on any atom is 0.173 e. The van der Waals surface area contributed by atoms with Crippen LogP contribution in [0.5, 0.6) is 0 Å². The van der Waals surface area contributed by atoms with Crippen molar-refractivity contribution in [3.8, 4) is 0 Å². The van der Waals surface area contributed by atoms with E-state index >= 15 is 0 Å². The van der Waals surface area contributed by atoms with Gasteiger partial charge in [0, 0.05) is 26.0 Å². The molecule has 1 aliphatic heterocycles. The number of fused-ring (bicyclic) bond motifs is 1. The van der Waals surface area contributed by atoms with Crippen molar-refractivity contribution in [1.82, 2.24) is 0 Å². The molecule has 1 aromatic carbocycles. The molecule has 0 radical (unpaired) electrons. The normalized spacial score (nSPS) is 18.2. The molecule has 0 aromatic heterocycles. The predicted molar refractivity (Wildman–Crippen MR) is 76.9 cm³/mol. The van der Waals surface area contributed by atoms with E-state index in [1.54, 1.807) is 17.8 Å². The molecule has 0 unspecified atom stereocenters. The number of carbonyl (C=O) groups is 1. The molecule has 2 aliphatic rings. The highest BCUT2D eigenvalue weighted by atomic mass is 32.2. The highest BCUT2D eigenvalue weighted by Crippen LogP contribution is 2.44. The number of anilines is 1. The number of carbonyl (C=O) groups excluding carboxylic acids is 1. The molecule has 86 valence electrons. The van der Waals surface area contributed by atoms with Gasteiger partial charge in [0.05, 0.1) is 11.4 Å². The Balaban J connectivity index is 2.03. The quantitative estimate of drug-likeness (QED) is 0.635. The van der Waals surface area contributed by atoms with Crippen LogP contribution in [0, 0.1) is 0 Å². The fraction of sp³-hybridized carbons (Fsp3) is 0.0833. The van der Waals surface area contributed by atoms with Crippen molar-refractivity contribution in [2.45, 2.75) is 16.2 Å². The molecule has 1 N–H and O–H groups in total. The summed E-state index contributed by atoms with van der Waals surface area (Å²) in [6.07, 6.45) is 2.23. The lowest BCUT2D eigenvalue weighted by Crippen LogP contribution is -2.14. The summed E-state index contributed by atoms with van der Waals surface area (Å²) in [6, 6.07) is 5.95. The van der Waals surface area contributed by atoms with Gasteiger partial charge in [-0.2, -0.15) is 0 Å². The number of rotatable bonds is 0. The number of allylic oxidation sites excluding steroid dienone is 3. The Kier molecular flexibility index (Phi) is 2.77. The highest BCUT2D eigenvalue weighted by Gasteiger charge is 2.24. The molecule has 0 amide bonds. The third-order valence-electron chi connectivity index (χ3n) is 2.66. The Labute approximate surface area is 114 Å². The van der Waals surface area contributed by atoms with Crippen LogP contribution in [0.4, 0.5) is 5.69 Å². The minimum atomic E-state index is 0.0758. The molecule has 17 heavy (non-hydrogen) atoms. The smallest absolute Gasteiger partial charge is 0.173 e. The van der Waals surface area contributed by atoms with E-state index in [-0.39, 0.29) is 5.78 Å². The second-order valence-electron chi connectivity index (χ2n) is 3.87. The Bertz CT molecular complexity index is 589. The second-order valence-corrected chi connectivity index (χ2v) is 6.01. The molecule has 0 fully saturated rings. The lowest BCUT2D eigenvalue weighted by Gasteiger charge is -2.25. The zero-order chi connectivity index (χ0) is 12.0. The zero-order valence-corrected chi connectivity index (χ0v) is 11.3. The van der Waals surface area contributed by atoms with Crippen LogP contribution in [0.15, 0.2) is 49.6 Å². The Morgan fingerprint density at radius 3 is 2.94 bits per heavy atom. The van der Waals surface area contributed by atoms with E-state index in [2.05, 4.69) is 30.6 Å². The van der Waals surface area contributed by atoms with Gasteiger partial charge in [0.1, 0.15) is 0 Å². The monoisotopic (exact) mass is 279 g/mol. The first-order valence-corrected chi connectivity index (χ1v) is 6.79. The lowest BCUT2D eigenvalue weighted by atomic mass is 10.1. The highest BCUT2D eigenvalue weighted by molar-refractivity contribution is 8.03. The maximum atomic E-state index is 11.6. The topological polar surface area (TPSA) is 29.1 Å². The van der Waals surface area contributed by atoms with Gasteiger partial charge in [0.25, 0.3) is 0 Å². The van der Waals surface area contributed by atoms with Gasteiger partial charge in [-0.05, 0) is 24.3 Å². The van der Waals surface area contributed by atoms with Crippen LogP contribution in [0.25, 0.3) is 0 Å². The SMILES string of the molecule is O=C1CC2=C(C=C1S)Nc1ccc(S)cc1S2. The third kappa shape index (κ3) is 2.03. The van der Waals surface area contributed by atoms with E-state index < -0.39 is 0 Å². The van der Waals surface area contributed by atoms with E-state index in [0.717, 1.165) is 26.1 Å². The maximum absolute atomic E-state index is 11.6. The van der Waals surface area contributed by atoms with Gasteiger partial charge in [0.15, 0.2) is 5.78 Å². The van der Waals surface area contributed by atoms with Gasteiger partial charge < -0.3 is 5.32 Å². The number of Topliss-reactive ketones (excluding diaryl/α,β-unsaturated/α-hetero) is 1. The van der Waals surface area contributed by atoms with Crippen LogP contribution in [-0.4, -0.2) is 5.78 Å². The molecule has 0 spiro atoms. The van der Waals surface area contributed by atoms with Crippen molar-refractivity contribution in [2.75, 3.05) is 5.32 Å². The molecular weight excluding hydrogens is 270 g/mol. The van der Waals surface area contributed by atoms with Crippen LogP contribution >= 0.6 is 37.0 Å². The standard InChI is InChI=1S/C12H9NOS3/c14-9-5-12-8(4-10(9)16)13-7-2-1-6(15)3-11(7)17-12/h1-4,13,15-16H,5H2. The summed E-state index contributed by atoms with van der Waals surface area (Å²) in [5.74, 6) is 0.0758. The van der Waals surface area contributed by atoms with Gasteiger partial charge >= 0.3 is 0 Å². The average molecular weight is 279 g/mol. The zero-order valence-electron chi connectivity index (χ0n) is 8.73. The number of nitrogens with one attached hydrogen (secondary N) is 1. The van der Waals surface area contributed by atoms with E-state index in [9.17, 15) is 4.79 Å². The lowest BCUT2D eigenvalue weighted by molar-refractivity contribution is -0.114. The average Bonchev–Trinajstić information content (AvgIpc) is 2.28. The first kappa shape index (κ1) is 11.3. The number of hydrogen-bond acceptors (Lipinski definition) is 5. The minimum Gasteiger partial charge on any atom is -0.354 e. The molecule has 5 heteroatoms. The van der Waals surface area contributed by atoms with E-state index in [1.165, 1.54) is 0 Å². The number of benzene rings is 1. The Morgan fingerprint density at radius 2 is 2.12 bits per heavy atom. The molecule has 0 saturated carbocycles. The van der Waals surface area contributed by atoms with Gasteiger partial charge in [0.2, 0.25) is 0 Å². The van der Waals surface area contributed by atoms with Crippen molar-refractivity contribution in [3.63, 3.8) is 0 Å². The molecule has 0 saturated heterocycles. The molecule has 1 aliphatic carbocycles. The van der Waals surface area contributed by atoms with Gasteiger partial charge in [-0.3, -0.25) is 4.79 Å². The van der Waals surface area contributed by atoms with E-state index in [0.29, 0.717) is 11.3 Å². The number of hydrogen-bond donors (Lipinski definition) is 3. The summed E-state index contributed by atoms with van der Waals surface area (Å²) < 4.78 is 0. The van der Waals surface area contributed by atoms with Crippen molar-refractivity contribution in [2.24, 2.45) is 0 Å². The minimum absolute atomic E-state index is 0.0758. The van der Waals surface area contributed by atoms with Crippen LogP contribution in [0.2, 0.25) is 0 Å². The van der Waals surface area contributed by atoms with E-state index in [1.807, 2.05) is 18.2 Å². The second kappa shape index (κ2) is 4.15. The Morgan fingerprint density at radius 1 is 1.29 bits per heavy atom. The molecule has 3 rings (SSSR count). The third-order valence-corrected chi connectivity index (χ3v) is 4.48. The molecule has 0 bridgehead atoms. The number of ketones is 1. The summed E-state index contributed by atoms with van der Waals surface area (Å²) in [7, 11) is 0. The largest absolute Gasteiger partial charge is 0.354 e. The first-order valence-electron chi connectivity index (χ1n) is 5.08.